The highest BCUT2D eigenvalue weighted by Gasteiger charge is 2.37. The van der Waals surface area contributed by atoms with Crippen molar-refractivity contribution in [1.29, 1.82) is 0 Å². The molecule has 1 aliphatic heterocycles. The van der Waals surface area contributed by atoms with Crippen molar-refractivity contribution in [3.8, 4) is 0 Å². The minimum Gasteiger partial charge on any atom is -0.338 e. The van der Waals surface area contributed by atoms with E-state index in [-0.39, 0.29) is 0 Å². The molecule has 0 unspecified atom stereocenters. The first-order valence-electron chi connectivity index (χ1n) is 3.30. The molecule has 0 spiro atoms. The minimum atomic E-state index is -4.07. The molecule has 1 aromatic rings. The highest BCUT2D eigenvalue weighted by molar-refractivity contribution is 7.87. The first-order valence-corrected chi connectivity index (χ1v) is 4.70. The maximum Gasteiger partial charge on any atom is 0.358 e. The van der Waals surface area contributed by atoms with Crippen LogP contribution in [0.5, 0.6) is 0 Å². The molecule has 0 bridgehead atoms. The first kappa shape index (κ1) is 8.18. The van der Waals surface area contributed by atoms with Gasteiger partial charge in [-0.3, -0.25) is 0 Å². The number of rotatable bonds is 0. The lowest BCUT2D eigenvalue weighted by Gasteiger charge is -1.91. The molecule has 0 aromatic heterocycles. The molecule has 1 aliphatic rings. The zero-order valence-electron chi connectivity index (χ0n) is 6.15. The van der Waals surface area contributed by atoms with Gasteiger partial charge in [-0.25, -0.2) is 9.18 Å². The third-order valence-corrected chi connectivity index (χ3v) is 2.88. The van der Waals surface area contributed by atoms with E-state index in [1.165, 1.54) is 6.07 Å². The Hall–Kier alpha value is -1.43. The minimum absolute atomic E-state index is 0.405. The summed E-state index contributed by atoms with van der Waals surface area (Å²) < 4.78 is 38.9. The van der Waals surface area contributed by atoms with Crippen LogP contribution in [0.25, 0.3) is 0 Å². The summed E-state index contributed by atoms with van der Waals surface area (Å²) in [5, 5.41) is 0. The summed E-state index contributed by atoms with van der Waals surface area (Å²) in [7, 11) is -4.07. The SMILES string of the molecule is O=C1OS(=O)(=O)c2cccc(F)c21. The number of hydrogen-bond acceptors (Lipinski definition) is 4. The fourth-order valence-corrected chi connectivity index (χ4v) is 2.15. The van der Waals surface area contributed by atoms with E-state index in [4.69, 9.17) is 0 Å². The lowest BCUT2D eigenvalue weighted by Crippen LogP contribution is -1.99. The molecular formula is C7H3FO4S. The average Bonchev–Trinajstić information content (AvgIpc) is 2.24. The highest BCUT2D eigenvalue weighted by Crippen LogP contribution is 2.28. The molecule has 0 aliphatic carbocycles. The van der Waals surface area contributed by atoms with E-state index in [0.29, 0.717) is 0 Å². The monoisotopic (exact) mass is 202 g/mol. The molecule has 68 valence electrons. The fourth-order valence-electron chi connectivity index (χ4n) is 1.10. The van der Waals surface area contributed by atoms with Crippen LogP contribution in [0.4, 0.5) is 4.39 Å². The fraction of sp³-hybridized carbons (Fsp3) is 0. The van der Waals surface area contributed by atoms with Crippen LogP contribution in [0.1, 0.15) is 10.4 Å². The zero-order chi connectivity index (χ0) is 9.64. The molecule has 0 N–H and O–H groups in total. The van der Waals surface area contributed by atoms with E-state index in [0.717, 1.165) is 12.1 Å². The first-order chi connectivity index (χ1) is 6.02. The van der Waals surface area contributed by atoms with Crippen molar-refractivity contribution < 1.29 is 21.8 Å². The van der Waals surface area contributed by atoms with Crippen LogP contribution >= 0.6 is 0 Å². The summed E-state index contributed by atoms with van der Waals surface area (Å²) in [4.78, 5) is 10.5. The number of hydrogen-bond donors (Lipinski definition) is 0. The molecule has 6 heteroatoms. The summed E-state index contributed by atoms with van der Waals surface area (Å²) in [5.74, 6) is -2.04. The second kappa shape index (κ2) is 2.29. The Labute approximate surface area is 73.1 Å². The Morgan fingerprint density at radius 2 is 2.00 bits per heavy atom. The molecule has 0 saturated heterocycles. The van der Waals surface area contributed by atoms with Crippen molar-refractivity contribution in [2.45, 2.75) is 4.90 Å². The van der Waals surface area contributed by atoms with Gasteiger partial charge in [-0.05, 0) is 12.1 Å². The van der Waals surface area contributed by atoms with Crippen LogP contribution in [0.3, 0.4) is 0 Å². The van der Waals surface area contributed by atoms with Crippen LogP contribution in [0.2, 0.25) is 0 Å². The predicted molar refractivity (Wildman–Crippen MR) is 39.0 cm³/mol. The number of benzene rings is 1. The molecule has 1 aromatic carbocycles. The summed E-state index contributed by atoms with van der Waals surface area (Å²) >= 11 is 0. The molecule has 2 rings (SSSR count). The second-order valence-corrected chi connectivity index (χ2v) is 3.95. The standard InChI is InChI=1S/C7H3FO4S/c8-4-2-1-3-5-6(4)7(9)12-13(5,10)11/h1-3H. The van der Waals surface area contributed by atoms with Crippen molar-refractivity contribution in [1.82, 2.24) is 0 Å². The van der Waals surface area contributed by atoms with Gasteiger partial charge in [0.15, 0.2) is 0 Å². The van der Waals surface area contributed by atoms with Crippen LogP contribution in [0.15, 0.2) is 23.1 Å². The molecule has 4 nitrogen and oxygen atoms in total. The van der Waals surface area contributed by atoms with Gasteiger partial charge in [-0.2, -0.15) is 8.42 Å². The smallest absolute Gasteiger partial charge is 0.338 e. The summed E-state index contributed by atoms with van der Waals surface area (Å²) in [6.45, 7) is 0. The molecule has 0 saturated carbocycles. The summed E-state index contributed by atoms with van der Waals surface area (Å²) in [6.07, 6.45) is 0. The van der Waals surface area contributed by atoms with Crippen LogP contribution < -0.4 is 0 Å². The van der Waals surface area contributed by atoms with Crippen molar-refractivity contribution in [3.63, 3.8) is 0 Å². The van der Waals surface area contributed by atoms with E-state index < -0.39 is 32.4 Å². The Balaban J connectivity index is 2.87. The summed E-state index contributed by atoms with van der Waals surface area (Å²) in [6, 6.07) is 3.33. The van der Waals surface area contributed by atoms with Crippen LogP contribution in [-0.4, -0.2) is 14.4 Å². The third kappa shape index (κ3) is 1.02. The maximum absolute atomic E-state index is 12.9. The normalized spacial score (nSPS) is 18.1. The molecule has 0 amide bonds. The maximum atomic E-state index is 12.9. The predicted octanol–water partition coefficient (Wildman–Crippen LogP) is 0.685. The third-order valence-electron chi connectivity index (χ3n) is 1.63. The van der Waals surface area contributed by atoms with Gasteiger partial charge in [0.2, 0.25) is 0 Å². The number of halogens is 1. The second-order valence-electron chi connectivity index (χ2n) is 2.44. The van der Waals surface area contributed by atoms with Crippen molar-refractivity contribution in [2.24, 2.45) is 0 Å². The van der Waals surface area contributed by atoms with E-state index >= 15 is 0 Å². The number of fused-ring (bicyclic) bond motifs is 1. The Kier molecular flexibility index (Phi) is 1.44. The Morgan fingerprint density at radius 1 is 1.31 bits per heavy atom. The number of carbonyl (C=O) groups excluding carboxylic acids is 1. The van der Waals surface area contributed by atoms with Gasteiger partial charge in [-0.15, -0.1) is 0 Å². The largest absolute Gasteiger partial charge is 0.358 e. The van der Waals surface area contributed by atoms with Gasteiger partial charge in [0, 0.05) is 0 Å². The summed E-state index contributed by atoms with van der Waals surface area (Å²) in [5.41, 5.74) is -0.512. The van der Waals surface area contributed by atoms with Crippen LogP contribution in [0, 0.1) is 5.82 Å². The molecule has 0 radical (unpaired) electrons. The van der Waals surface area contributed by atoms with Crippen LogP contribution in [-0.2, 0) is 14.3 Å². The quantitative estimate of drug-likeness (QED) is 0.580. The van der Waals surface area contributed by atoms with Crippen molar-refractivity contribution >= 4 is 16.1 Å². The van der Waals surface area contributed by atoms with Gasteiger partial charge in [-0.1, -0.05) is 6.07 Å². The lowest BCUT2D eigenvalue weighted by molar-refractivity contribution is 0.0758. The molecule has 0 fully saturated rings. The van der Waals surface area contributed by atoms with E-state index in [9.17, 15) is 17.6 Å². The zero-order valence-corrected chi connectivity index (χ0v) is 6.97. The van der Waals surface area contributed by atoms with E-state index in [2.05, 4.69) is 4.18 Å². The van der Waals surface area contributed by atoms with Gasteiger partial charge in [0.05, 0.1) is 0 Å². The molecular weight excluding hydrogens is 199 g/mol. The van der Waals surface area contributed by atoms with Crippen molar-refractivity contribution in [2.75, 3.05) is 0 Å². The molecule has 13 heavy (non-hydrogen) atoms. The Bertz CT molecular complexity index is 491. The van der Waals surface area contributed by atoms with Gasteiger partial charge in [0.1, 0.15) is 16.3 Å². The molecule has 1 heterocycles. The number of carbonyl (C=O) groups is 1. The van der Waals surface area contributed by atoms with Gasteiger partial charge < -0.3 is 4.18 Å². The molecule has 0 atom stereocenters. The van der Waals surface area contributed by atoms with Gasteiger partial charge >= 0.3 is 16.1 Å². The van der Waals surface area contributed by atoms with E-state index in [1.54, 1.807) is 0 Å². The lowest BCUT2D eigenvalue weighted by atomic mass is 10.2. The average molecular weight is 202 g/mol. The highest BCUT2D eigenvalue weighted by atomic mass is 32.2. The van der Waals surface area contributed by atoms with Gasteiger partial charge in [0.25, 0.3) is 0 Å². The van der Waals surface area contributed by atoms with Crippen molar-refractivity contribution in [3.05, 3.63) is 29.6 Å². The Morgan fingerprint density at radius 3 is 2.62 bits per heavy atom. The van der Waals surface area contributed by atoms with E-state index in [1.807, 2.05) is 0 Å². The topological polar surface area (TPSA) is 60.4 Å².